The summed E-state index contributed by atoms with van der Waals surface area (Å²) in [6.07, 6.45) is 2.45. The molecule has 0 radical (unpaired) electrons. The number of ketones is 1. The second-order valence-electron chi connectivity index (χ2n) is 6.00. The molecule has 25 heavy (non-hydrogen) atoms. The van der Waals surface area contributed by atoms with Gasteiger partial charge in [-0.1, -0.05) is 24.3 Å². The van der Waals surface area contributed by atoms with Crippen molar-refractivity contribution in [2.24, 2.45) is 0 Å². The molecule has 1 fully saturated rings. The first kappa shape index (κ1) is 17.7. The van der Waals surface area contributed by atoms with Crippen LogP contribution in [0.1, 0.15) is 40.5 Å². The van der Waals surface area contributed by atoms with Crippen LogP contribution in [0.15, 0.2) is 53.4 Å². The number of nitrogens with one attached hydrogen (secondary N) is 1. The minimum absolute atomic E-state index is 0.0723. The fraction of sp³-hybridized carbons (Fsp3) is 0.300. The van der Waals surface area contributed by atoms with Crippen molar-refractivity contribution < 1.29 is 14.3 Å². The lowest BCUT2D eigenvalue weighted by atomic mass is 10.1. The Hall–Kier alpha value is -2.11. The molecule has 3 rings (SSSR count). The smallest absolute Gasteiger partial charge is 0.256 e. The Morgan fingerprint density at radius 1 is 1.12 bits per heavy atom. The Morgan fingerprint density at radius 3 is 2.56 bits per heavy atom. The van der Waals surface area contributed by atoms with Gasteiger partial charge in [0.25, 0.3) is 5.91 Å². The second-order valence-corrected chi connectivity index (χ2v) is 7.06. The van der Waals surface area contributed by atoms with Gasteiger partial charge in [0, 0.05) is 22.8 Å². The summed E-state index contributed by atoms with van der Waals surface area (Å²) in [6.45, 7) is 2.32. The summed E-state index contributed by atoms with van der Waals surface area (Å²) < 4.78 is 5.65. The van der Waals surface area contributed by atoms with Gasteiger partial charge < -0.3 is 10.1 Å². The summed E-state index contributed by atoms with van der Waals surface area (Å²) in [5, 5.41) is 2.87. The molecule has 130 valence electrons. The molecule has 1 aliphatic heterocycles. The van der Waals surface area contributed by atoms with E-state index in [0.29, 0.717) is 16.8 Å². The molecule has 1 saturated heterocycles. The van der Waals surface area contributed by atoms with Crippen LogP contribution in [-0.4, -0.2) is 30.2 Å². The standard InChI is InChI=1S/C20H21NO3S/c1-14(22)16-8-2-4-10-18(16)21-20(23)17-9-3-5-11-19(17)25-13-15-7-6-12-24-15/h2-5,8-11,15H,6-7,12-13H2,1H3,(H,21,23). The summed E-state index contributed by atoms with van der Waals surface area (Å²) in [7, 11) is 0. The van der Waals surface area contributed by atoms with Crippen LogP contribution in [0.5, 0.6) is 0 Å². The Labute approximate surface area is 152 Å². The highest BCUT2D eigenvalue weighted by atomic mass is 32.2. The van der Waals surface area contributed by atoms with Gasteiger partial charge in [-0.3, -0.25) is 9.59 Å². The molecule has 0 spiro atoms. The molecule has 0 aromatic heterocycles. The van der Waals surface area contributed by atoms with Gasteiger partial charge in [-0.25, -0.2) is 0 Å². The number of thioether (sulfide) groups is 1. The van der Waals surface area contributed by atoms with E-state index in [9.17, 15) is 9.59 Å². The van der Waals surface area contributed by atoms with Crippen LogP contribution in [0.2, 0.25) is 0 Å². The maximum Gasteiger partial charge on any atom is 0.256 e. The Kier molecular flexibility index (Phi) is 5.89. The zero-order valence-corrected chi connectivity index (χ0v) is 15.0. The van der Waals surface area contributed by atoms with Crippen LogP contribution in [0.25, 0.3) is 0 Å². The van der Waals surface area contributed by atoms with Crippen molar-refractivity contribution in [2.75, 3.05) is 17.7 Å². The van der Waals surface area contributed by atoms with E-state index in [-0.39, 0.29) is 17.8 Å². The minimum Gasteiger partial charge on any atom is -0.377 e. The van der Waals surface area contributed by atoms with Gasteiger partial charge in [0.05, 0.1) is 17.4 Å². The van der Waals surface area contributed by atoms with Crippen LogP contribution in [-0.2, 0) is 4.74 Å². The predicted molar refractivity (Wildman–Crippen MR) is 101 cm³/mol. The monoisotopic (exact) mass is 355 g/mol. The molecule has 1 atom stereocenters. The number of hydrogen-bond acceptors (Lipinski definition) is 4. The molecular weight excluding hydrogens is 334 g/mol. The van der Waals surface area contributed by atoms with E-state index >= 15 is 0 Å². The number of rotatable bonds is 6. The molecule has 0 saturated carbocycles. The largest absolute Gasteiger partial charge is 0.377 e. The molecule has 0 bridgehead atoms. The molecule has 1 heterocycles. The van der Waals surface area contributed by atoms with Gasteiger partial charge in [0.15, 0.2) is 5.78 Å². The number of carbonyl (C=O) groups excluding carboxylic acids is 2. The highest BCUT2D eigenvalue weighted by molar-refractivity contribution is 7.99. The van der Waals surface area contributed by atoms with Crippen molar-refractivity contribution in [1.29, 1.82) is 0 Å². The number of hydrogen-bond donors (Lipinski definition) is 1. The molecule has 1 N–H and O–H groups in total. The summed E-state index contributed by atoms with van der Waals surface area (Å²) in [5.74, 6) is 0.565. The van der Waals surface area contributed by atoms with Gasteiger partial charge in [-0.15, -0.1) is 11.8 Å². The topological polar surface area (TPSA) is 55.4 Å². The fourth-order valence-electron chi connectivity index (χ4n) is 2.83. The van der Waals surface area contributed by atoms with E-state index in [2.05, 4.69) is 5.32 Å². The van der Waals surface area contributed by atoms with E-state index in [1.807, 2.05) is 24.3 Å². The molecule has 2 aromatic carbocycles. The van der Waals surface area contributed by atoms with E-state index in [1.165, 1.54) is 6.92 Å². The van der Waals surface area contributed by atoms with E-state index in [4.69, 9.17) is 4.74 Å². The number of amides is 1. The molecule has 4 nitrogen and oxygen atoms in total. The number of benzene rings is 2. The quantitative estimate of drug-likeness (QED) is 0.616. The van der Waals surface area contributed by atoms with Gasteiger partial charge in [0.1, 0.15) is 0 Å². The third-order valence-corrected chi connectivity index (χ3v) is 5.34. The normalized spacial score (nSPS) is 16.6. The van der Waals surface area contributed by atoms with Crippen LogP contribution >= 0.6 is 11.8 Å². The molecule has 5 heteroatoms. The van der Waals surface area contributed by atoms with Crippen molar-refractivity contribution in [1.82, 2.24) is 0 Å². The van der Waals surface area contributed by atoms with Crippen LogP contribution in [0.4, 0.5) is 5.69 Å². The summed E-state index contributed by atoms with van der Waals surface area (Å²) in [6, 6.07) is 14.6. The first-order valence-electron chi connectivity index (χ1n) is 8.40. The summed E-state index contributed by atoms with van der Waals surface area (Å²) in [5.41, 5.74) is 1.67. The summed E-state index contributed by atoms with van der Waals surface area (Å²) >= 11 is 1.64. The second kappa shape index (κ2) is 8.32. The fourth-order valence-corrected chi connectivity index (χ4v) is 3.95. The average molecular weight is 355 g/mol. The van der Waals surface area contributed by atoms with Crippen molar-refractivity contribution in [3.63, 3.8) is 0 Å². The first-order chi connectivity index (χ1) is 12.1. The Morgan fingerprint density at radius 2 is 1.84 bits per heavy atom. The molecule has 1 amide bonds. The van der Waals surface area contributed by atoms with Gasteiger partial charge in [0.2, 0.25) is 0 Å². The molecular formula is C20H21NO3S. The third-order valence-electron chi connectivity index (χ3n) is 4.13. The zero-order chi connectivity index (χ0) is 17.6. The number of para-hydroxylation sites is 1. The number of anilines is 1. The highest BCUT2D eigenvalue weighted by Crippen LogP contribution is 2.27. The average Bonchev–Trinajstić information content (AvgIpc) is 3.14. The maximum absolute atomic E-state index is 12.7. The SMILES string of the molecule is CC(=O)c1ccccc1NC(=O)c1ccccc1SCC1CCCO1. The van der Waals surface area contributed by atoms with Crippen molar-refractivity contribution in [2.45, 2.75) is 30.8 Å². The van der Waals surface area contributed by atoms with Crippen LogP contribution in [0.3, 0.4) is 0 Å². The predicted octanol–water partition coefficient (Wildman–Crippen LogP) is 4.41. The van der Waals surface area contributed by atoms with Crippen molar-refractivity contribution in [3.05, 3.63) is 59.7 Å². The van der Waals surface area contributed by atoms with Gasteiger partial charge >= 0.3 is 0 Å². The van der Waals surface area contributed by atoms with E-state index in [0.717, 1.165) is 30.1 Å². The van der Waals surface area contributed by atoms with Crippen LogP contribution in [0, 0.1) is 0 Å². The highest BCUT2D eigenvalue weighted by Gasteiger charge is 2.18. The number of ether oxygens (including phenoxy) is 1. The molecule has 1 aliphatic rings. The van der Waals surface area contributed by atoms with Crippen molar-refractivity contribution >= 4 is 29.1 Å². The van der Waals surface area contributed by atoms with Crippen molar-refractivity contribution in [3.8, 4) is 0 Å². The minimum atomic E-state index is -0.204. The molecule has 1 unspecified atom stereocenters. The van der Waals surface area contributed by atoms with E-state index < -0.39 is 0 Å². The van der Waals surface area contributed by atoms with Gasteiger partial charge in [-0.05, 0) is 44.0 Å². The first-order valence-corrected chi connectivity index (χ1v) is 9.38. The molecule has 2 aromatic rings. The lowest BCUT2D eigenvalue weighted by molar-refractivity contribution is 0.101. The lowest BCUT2D eigenvalue weighted by Crippen LogP contribution is -2.15. The maximum atomic E-state index is 12.7. The Bertz CT molecular complexity index is 769. The van der Waals surface area contributed by atoms with Crippen LogP contribution < -0.4 is 5.32 Å². The zero-order valence-electron chi connectivity index (χ0n) is 14.2. The van der Waals surface area contributed by atoms with E-state index in [1.54, 1.807) is 36.0 Å². The summed E-state index contributed by atoms with van der Waals surface area (Å²) in [4.78, 5) is 25.4. The number of Topliss-reactive ketones (excluding diaryl/α,β-unsaturated/α-hetero) is 1. The number of carbonyl (C=O) groups is 2. The van der Waals surface area contributed by atoms with Gasteiger partial charge in [-0.2, -0.15) is 0 Å². The molecule has 0 aliphatic carbocycles. The Balaban J connectivity index is 1.75. The third kappa shape index (κ3) is 4.50. The lowest BCUT2D eigenvalue weighted by Gasteiger charge is -2.13.